The molecule has 5 rings (SSSR count). The molecule has 0 radical (unpaired) electrons. The molecule has 2 heterocycles. The Morgan fingerprint density at radius 3 is 2.40 bits per heavy atom. The van der Waals surface area contributed by atoms with Gasteiger partial charge in [-0.25, -0.2) is 0 Å². The van der Waals surface area contributed by atoms with Crippen LogP contribution in [0.5, 0.6) is 17.2 Å². The maximum atomic E-state index is 13.8. The number of carbonyl (C=O) groups excluding carboxylic acids is 2. The molecule has 3 aromatic carbocycles. The number of ketones is 1. The number of aliphatic hydroxyl groups excluding tert-OH is 1. The average Bonchev–Trinajstić information content (AvgIpc) is 3.47. The van der Waals surface area contributed by atoms with Crippen molar-refractivity contribution in [3.8, 4) is 17.2 Å². The molecular weight excluding hydrogens is 534 g/mol. The third-order valence-electron chi connectivity index (χ3n) is 6.61. The molecule has 8 nitrogen and oxygen atoms in total. The van der Waals surface area contributed by atoms with Gasteiger partial charge >= 0.3 is 0 Å². The van der Waals surface area contributed by atoms with Gasteiger partial charge in [-0.2, -0.15) is 0 Å². The molecular formula is C31H28ClNO7. The van der Waals surface area contributed by atoms with Gasteiger partial charge < -0.3 is 29.0 Å². The molecule has 0 bridgehead atoms. The number of hydrogen-bond acceptors (Lipinski definition) is 7. The summed E-state index contributed by atoms with van der Waals surface area (Å²) in [6.07, 6.45) is 0. The Morgan fingerprint density at radius 2 is 1.75 bits per heavy atom. The number of benzene rings is 3. The Morgan fingerprint density at radius 1 is 1.05 bits per heavy atom. The van der Waals surface area contributed by atoms with Crippen molar-refractivity contribution in [2.75, 3.05) is 13.7 Å². The lowest BCUT2D eigenvalue weighted by atomic mass is 9.94. The van der Waals surface area contributed by atoms with E-state index in [0.717, 1.165) is 5.56 Å². The lowest BCUT2D eigenvalue weighted by Gasteiger charge is -2.27. The van der Waals surface area contributed by atoms with E-state index in [2.05, 4.69) is 13.8 Å². The average molecular weight is 562 g/mol. The molecule has 1 aromatic heterocycles. The lowest BCUT2D eigenvalue weighted by molar-refractivity contribution is -0.130. The molecule has 1 unspecified atom stereocenters. The summed E-state index contributed by atoms with van der Waals surface area (Å²) in [5.74, 6) is -0.636. The summed E-state index contributed by atoms with van der Waals surface area (Å²) in [5.41, 5.74) is 1.50. The highest BCUT2D eigenvalue weighted by Gasteiger charge is 2.44. The molecule has 0 saturated carbocycles. The molecule has 4 aromatic rings. The quantitative estimate of drug-likeness (QED) is 0.221. The normalized spacial score (nSPS) is 15.4. The first-order valence-electron chi connectivity index (χ1n) is 12.7. The maximum Gasteiger partial charge on any atom is 0.290 e. The van der Waals surface area contributed by atoms with Gasteiger partial charge in [0.1, 0.15) is 11.5 Å². The first kappa shape index (κ1) is 27.1. The number of amides is 1. The number of phenolic OH excluding ortho intramolecular Hbond substituents is 1. The van der Waals surface area contributed by atoms with Gasteiger partial charge in [0.25, 0.3) is 5.91 Å². The minimum absolute atomic E-state index is 0.0268. The molecule has 2 N–H and O–H groups in total. The monoisotopic (exact) mass is 561 g/mol. The van der Waals surface area contributed by atoms with Gasteiger partial charge in [0.05, 0.1) is 25.3 Å². The number of Topliss-reactive ketones (excluding diaryl/α,β-unsaturated/α-hetero) is 1. The van der Waals surface area contributed by atoms with Crippen molar-refractivity contribution in [3.05, 3.63) is 100.0 Å². The van der Waals surface area contributed by atoms with E-state index < -0.39 is 23.5 Å². The Balaban J connectivity index is 1.51. The first-order chi connectivity index (χ1) is 19.2. The minimum Gasteiger partial charge on any atom is -0.508 e. The van der Waals surface area contributed by atoms with E-state index in [-0.39, 0.29) is 23.6 Å². The fraction of sp³-hybridized carbons (Fsp3) is 0.226. The SMILES string of the molecule is COc1cc(Cl)cc2cc(C(=O)C3=C(O)C(=O)N(Cc4ccc(OCC(C)C)cc4)C3c3ccc(O)cc3)oc12. The standard InChI is InChI=1S/C31H28ClNO7/c1-17(2)16-39-23-10-4-18(5-11-23)15-33-27(19-6-8-22(34)9-7-19)26(29(36)31(33)37)28(35)24-13-20-12-21(32)14-25(38-3)30(20)40-24/h4-14,17,27,34,36H,15-16H2,1-3H3. The Hall–Kier alpha value is -4.43. The number of hydrogen-bond donors (Lipinski definition) is 2. The smallest absolute Gasteiger partial charge is 0.290 e. The van der Waals surface area contributed by atoms with E-state index in [1.54, 1.807) is 24.3 Å². The summed E-state index contributed by atoms with van der Waals surface area (Å²) >= 11 is 6.18. The molecule has 0 aliphatic carbocycles. The number of aliphatic hydroxyl groups is 1. The molecule has 1 aliphatic rings. The van der Waals surface area contributed by atoms with Gasteiger partial charge in [0.15, 0.2) is 22.9 Å². The summed E-state index contributed by atoms with van der Waals surface area (Å²) in [7, 11) is 1.46. The molecule has 1 atom stereocenters. The molecule has 1 aliphatic heterocycles. The Labute approximate surface area is 236 Å². The molecule has 0 fully saturated rings. The molecule has 206 valence electrons. The molecule has 0 saturated heterocycles. The largest absolute Gasteiger partial charge is 0.508 e. The van der Waals surface area contributed by atoms with E-state index in [1.165, 1.54) is 30.2 Å². The zero-order chi connectivity index (χ0) is 28.6. The Kier molecular flexibility index (Phi) is 7.45. The summed E-state index contributed by atoms with van der Waals surface area (Å²) < 4.78 is 16.9. The van der Waals surface area contributed by atoms with Crippen LogP contribution in [0.25, 0.3) is 11.0 Å². The van der Waals surface area contributed by atoms with Crippen molar-refractivity contribution in [1.82, 2.24) is 4.90 Å². The summed E-state index contributed by atoms with van der Waals surface area (Å²) in [5, 5.41) is 21.8. The number of aromatic hydroxyl groups is 1. The van der Waals surface area contributed by atoms with Crippen LogP contribution in [0.4, 0.5) is 0 Å². The number of phenols is 1. The summed E-state index contributed by atoms with van der Waals surface area (Å²) in [4.78, 5) is 28.7. The molecule has 1 amide bonds. The van der Waals surface area contributed by atoms with E-state index in [4.69, 9.17) is 25.5 Å². The van der Waals surface area contributed by atoms with Crippen LogP contribution in [-0.4, -0.2) is 40.5 Å². The van der Waals surface area contributed by atoms with E-state index in [0.29, 0.717) is 45.6 Å². The summed E-state index contributed by atoms with van der Waals surface area (Å²) in [6, 6.07) is 17.2. The second kappa shape index (κ2) is 11.0. The highest BCUT2D eigenvalue weighted by Crippen LogP contribution is 2.42. The van der Waals surface area contributed by atoms with Crippen LogP contribution in [-0.2, 0) is 11.3 Å². The number of carbonyl (C=O) groups is 2. The zero-order valence-electron chi connectivity index (χ0n) is 22.2. The van der Waals surface area contributed by atoms with Crippen molar-refractivity contribution >= 4 is 34.3 Å². The number of rotatable bonds is 9. The van der Waals surface area contributed by atoms with Crippen LogP contribution < -0.4 is 9.47 Å². The molecule has 0 spiro atoms. The maximum absolute atomic E-state index is 13.8. The van der Waals surface area contributed by atoms with E-state index >= 15 is 0 Å². The predicted octanol–water partition coefficient (Wildman–Crippen LogP) is 6.61. The van der Waals surface area contributed by atoms with Gasteiger partial charge in [-0.05, 0) is 53.4 Å². The number of nitrogens with zero attached hydrogens (tertiary/aromatic N) is 1. The first-order valence-corrected chi connectivity index (χ1v) is 13.1. The number of halogens is 1. The second-order valence-corrected chi connectivity index (χ2v) is 10.4. The van der Waals surface area contributed by atoms with Gasteiger partial charge in [-0.15, -0.1) is 0 Å². The lowest BCUT2D eigenvalue weighted by Crippen LogP contribution is -2.30. The van der Waals surface area contributed by atoms with Crippen LogP contribution in [0.3, 0.4) is 0 Å². The van der Waals surface area contributed by atoms with Crippen molar-refractivity contribution < 1.29 is 33.7 Å². The highest BCUT2D eigenvalue weighted by atomic mass is 35.5. The molecule has 9 heteroatoms. The van der Waals surface area contributed by atoms with Gasteiger partial charge in [0, 0.05) is 23.0 Å². The highest BCUT2D eigenvalue weighted by molar-refractivity contribution is 6.31. The van der Waals surface area contributed by atoms with Crippen molar-refractivity contribution in [2.45, 2.75) is 26.4 Å². The number of fused-ring (bicyclic) bond motifs is 1. The zero-order valence-corrected chi connectivity index (χ0v) is 22.9. The van der Waals surface area contributed by atoms with Crippen molar-refractivity contribution in [2.24, 2.45) is 5.92 Å². The third-order valence-corrected chi connectivity index (χ3v) is 6.83. The number of methoxy groups -OCH3 is 1. The summed E-state index contributed by atoms with van der Waals surface area (Å²) in [6.45, 7) is 4.81. The fourth-order valence-electron chi connectivity index (χ4n) is 4.68. The van der Waals surface area contributed by atoms with Crippen molar-refractivity contribution in [3.63, 3.8) is 0 Å². The number of furan rings is 1. The van der Waals surface area contributed by atoms with E-state index in [1.807, 2.05) is 24.3 Å². The molecule has 40 heavy (non-hydrogen) atoms. The van der Waals surface area contributed by atoms with Crippen LogP contribution in [0, 0.1) is 5.92 Å². The van der Waals surface area contributed by atoms with Gasteiger partial charge in [-0.3, -0.25) is 9.59 Å². The number of ether oxygens (including phenoxy) is 2. The van der Waals surface area contributed by atoms with Crippen LogP contribution in [0.15, 0.2) is 82.5 Å². The fourth-order valence-corrected chi connectivity index (χ4v) is 4.90. The van der Waals surface area contributed by atoms with Gasteiger partial charge in [-0.1, -0.05) is 49.7 Å². The predicted molar refractivity (Wildman–Crippen MR) is 150 cm³/mol. The van der Waals surface area contributed by atoms with Crippen LogP contribution in [0.2, 0.25) is 5.02 Å². The topological polar surface area (TPSA) is 109 Å². The Bertz CT molecular complexity index is 1600. The second-order valence-electron chi connectivity index (χ2n) is 10.0. The minimum atomic E-state index is -0.934. The van der Waals surface area contributed by atoms with Crippen LogP contribution >= 0.6 is 11.6 Å². The van der Waals surface area contributed by atoms with Gasteiger partial charge in [0.2, 0.25) is 5.78 Å². The van der Waals surface area contributed by atoms with E-state index in [9.17, 15) is 19.8 Å². The third kappa shape index (κ3) is 5.22. The van der Waals surface area contributed by atoms with Crippen LogP contribution in [0.1, 0.15) is 41.6 Å². The van der Waals surface area contributed by atoms with Crippen molar-refractivity contribution in [1.29, 1.82) is 0 Å².